The van der Waals surface area contributed by atoms with Crippen LogP contribution in [-0.4, -0.2) is 24.3 Å². The summed E-state index contributed by atoms with van der Waals surface area (Å²) in [6.07, 6.45) is 5.27. The van der Waals surface area contributed by atoms with E-state index in [-0.39, 0.29) is 5.75 Å². The van der Waals surface area contributed by atoms with E-state index in [9.17, 15) is 5.11 Å². The van der Waals surface area contributed by atoms with Gasteiger partial charge in [0.2, 0.25) is 0 Å². The van der Waals surface area contributed by atoms with E-state index in [1.807, 2.05) is 6.07 Å². The fraction of sp³-hybridized carbons (Fsp3) is 0.538. The first-order valence-electron chi connectivity index (χ1n) is 6.00. The van der Waals surface area contributed by atoms with E-state index in [0.29, 0.717) is 18.4 Å². The molecule has 88 valence electrons. The molecule has 0 amide bonds. The smallest absolute Gasteiger partial charge is 0.160 e. The molecule has 3 heteroatoms. The van der Waals surface area contributed by atoms with Gasteiger partial charge in [-0.05, 0) is 25.0 Å². The van der Waals surface area contributed by atoms with E-state index < -0.39 is 0 Å². The normalized spacial score (nSPS) is 16.5. The van der Waals surface area contributed by atoms with Crippen molar-refractivity contribution in [1.29, 1.82) is 0 Å². The van der Waals surface area contributed by atoms with Gasteiger partial charge in [0.1, 0.15) is 6.61 Å². The minimum Gasteiger partial charge on any atom is -0.504 e. The standard InChI is InChI=1S/C13H19NO2/c15-12-7-3-4-8-13(12)16-10-9-14-11-5-1-2-6-11/h3-4,7-8,11,14-15H,1-2,5-6,9-10H2. The molecular formula is C13H19NO2. The Morgan fingerprint density at radius 1 is 1.25 bits per heavy atom. The first kappa shape index (κ1) is 11.3. The monoisotopic (exact) mass is 221 g/mol. The fourth-order valence-corrected chi connectivity index (χ4v) is 2.13. The highest BCUT2D eigenvalue weighted by molar-refractivity contribution is 5.37. The van der Waals surface area contributed by atoms with Gasteiger partial charge in [0.05, 0.1) is 0 Å². The van der Waals surface area contributed by atoms with Crippen LogP contribution in [0.2, 0.25) is 0 Å². The van der Waals surface area contributed by atoms with Gasteiger partial charge in [-0.15, -0.1) is 0 Å². The highest BCUT2D eigenvalue weighted by Crippen LogP contribution is 2.24. The van der Waals surface area contributed by atoms with E-state index in [1.54, 1.807) is 18.2 Å². The summed E-state index contributed by atoms with van der Waals surface area (Å²) in [6, 6.07) is 7.75. The van der Waals surface area contributed by atoms with Gasteiger partial charge in [-0.3, -0.25) is 0 Å². The topological polar surface area (TPSA) is 41.5 Å². The second-order valence-corrected chi connectivity index (χ2v) is 4.25. The van der Waals surface area contributed by atoms with E-state index in [0.717, 1.165) is 6.54 Å². The van der Waals surface area contributed by atoms with E-state index >= 15 is 0 Å². The van der Waals surface area contributed by atoms with Crippen LogP contribution < -0.4 is 10.1 Å². The molecule has 16 heavy (non-hydrogen) atoms. The molecule has 2 N–H and O–H groups in total. The Morgan fingerprint density at radius 3 is 2.75 bits per heavy atom. The maximum Gasteiger partial charge on any atom is 0.160 e. The predicted molar refractivity (Wildman–Crippen MR) is 63.9 cm³/mol. The molecule has 0 radical (unpaired) electrons. The molecule has 1 saturated carbocycles. The number of rotatable bonds is 5. The molecule has 0 spiro atoms. The van der Waals surface area contributed by atoms with Crippen LogP contribution in [0.5, 0.6) is 11.5 Å². The molecule has 1 aliphatic rings. The maximum absolute atomic E-state index is 9.48. The van der Waals surface area contributed by atoms with Crippen LogP contribution >= 0.6 is 0 Å². The summed E-state index contributed by atoms with van der Waals surface area (Å²) in [7, 11) is 0. The minimum absolute atomic E-state index is 0.211. The summed E-state index contributed by atoms with van der Waals surface area (Å²) >= 11 is 0. The van der Waals surface area contributed by atoms with Crippen LogP contribution in [0.3, 0.4) is 0 Å². The van der Waals surface area contributed by atoms with Crippen molar-refractivity contribution >= 4 is 0 Å². The summed E-state index contributed by atoms with van der Waals surface area (Å²) in [6.45, 7) is 1.45. The first-order chi connectivity index (χ1) is 7.86. The third kappa shape index (κ3) is 3.14. The predicted octanol–water partition coefficient (Wildman–Crippen LogP) is 2.30. The maximum atomic E-state index is 9.48. The lowest BCUT2D eigenvalue weighted by Crippen LogP contribution is -2.30. The van der Waals surface area contributed by atoms with Gasteiger partial charge in [-0.25, -0.2) is 0 Å². The molecule has 1 aliphatic carbocycles. The number of phenols is 1. The summed E-state index contributed by atoms with van der Waals surface area (Å²) in [5, 5.41) is 12.9. The summed E-state index contributed by atoms with van der Waals surface area (Å²) in [4.78, 5) is 0. The van der Waals surface area contributed by atoms with Crippen LogP contribution in [0.4, 0.5) is 0 Å². The highest BCUT2D eigenvalue weighted by atomic mass is 16.5. The Morgan fingerprint density at radius 2 is 2.00 bits per heavy atom. The molecule has 0 aliphatic heterocycles. The van der Waals surface area contributed by atoms with Crippen LogP contribution in [0.1, 0.15) is 25.7 Å². The number of phenolic OH excluding ortho intramolecular Hbond substituents is 1. The van der Waals surface area contributed by atoms with Crippen LogP contribution in [0, 0.1) is 0 Å². The molecule has 2 rings (SSSR count). The fourth-order valence-electron chi connectivity index (χ4n) is 2.13. The third-order valence-electron chi connectivity index (χ3n) is 3.01. The first-order valence-corrected chi connectivity index (χ1v) is 6.00. The number of ether oxygens (including phenoxy) is 1. The zero-order valence-corrected chi connectivity index (χ0v) is 9.48. The Balaban J connectivity index is 1.66. The molecule has 0 saturated heterocycles. The van der Waals surface area contributed by atoms with Crippen molar-refractivity contribution in [1.82, 2.24) is 5.32 Å². The van der Waals surface area contributed by atoms with Gasteiger partial charge in [0.25, 0.3) is 0 Å². The molecular weight excluding hydrogens is 202 g/mol. The Hall–Kier alpha value is -1.22. The molecule has 0 heterocycles. The summed E-state index contributed by atoms with van der Waals surface area (Å²) in [5.41, 5.74) is 0. The number of benzene rings is 1. The van der Waals surface area contributed by atoms with Gasteiger partial charge in [0.15, 0.2) is 11.5 Å². The number of hydrogen-bond acceptors (Lipinski definition) is 3. The minimum atomic E-state index is 0.211. The molecule has 0 bridgehead atoms. The zero-order valence-electron chi connectivity index (χ0n) is 9.48. The Labute approximate surface area is 96.4 Å². The quantitative estimate of drug-likeness (QED) is 0.750. The van der Waals surface area contributed by atoms with Crippen LogP contribution in [-0.2, 0) is 0 Å². The zero-order chi connectivity index (χ0) is 11.2. The second kappa shape index (κ2) is 5.75. The van der Waals surface area contributed by atoms with Crippen molar-refractivity contribution in [3.05, 3.63) is 24.3 Å². The van der Waals surface area contributed by atoms with Crippen LogP contribution in [0.15, 0.2) is 24.3 Å². The average molecular weight is 221 g/mol. The SMILES string of the molecule is Oc1ccccc1OCCNC1CCCC1. The Bertz CT molecular complexity index is 321. The lowest BCUT2D eigenvalue weighted by Gasteiger charge is -2.12. The number of aromatic hydroxyl groups is 1. The molecule has 0 aromatic heterocycles. The molecule has 1 aromatic carbocycles. The van der Waals surface area contributed by atoms with Crippen LogP contribution in [0.25, 0.3) is 0 Å². The van der Waals surface area contributed by atoms with Crippen molar-refractivity contribution < 1.29 is 9.84 Å². The van der Waals surface area contributed by atoms with Gasteiger partial charge >= 0.3 is 0 Å². The number of para-hydroxylation sites is 2. The summed E-state index contributed by atoms with van der Waals surface area (Å²) < 4.78 is 5.48. The van der Waals surface area contributed by atoms with Gasteiger partial charge in [-0.1, -0.05) is 25.0 Å². The molecule has 0 atom stereocenters. The highest BCUT2D eigenvalue weighted by Gasteiger charge is 2.13. The number of nitrogens with one attached hydrogen (secondary N) is 1. The van der Waals surface area contributed by atoms with E-state index in [2.05, 4.69) is 5.32 Å². The number of hydrogen-bond donors (Lipinski definition) is 2. The Kier molecular flexibility index (Phi) is 4.05. The van der Waals surface area contributed by atoms with Gasteiger partial charge in [-0.2, -0.15) is 0 Å². The molecule has 1 aromatic rings. The van der Waals surface area contributed by atoms with Crippen molar-refractivity contribution in [2.24, 2.45) is 0 Å². The van der Waals surface area contributed by atoms with Crippen molar-refractivity contribution in [3.8, 4) is 11.5 Å². The molecule has 1 fully saturated rings. The lowest BCUT2D eigenvalue weighted by atomic mass is 10.2. The van der Waals surface area contributed by atoms with E-state index in [4.69, 9.17) is 4.74 Å². The van der Waals surface area contributed by atoms with Gasteiger partial charge in [0, 0.05) is 12.6 Å². The van der Waals surface area contributed by atoms with Gasteiger partial charge < -0.3 is 15.2 Å². The van der Waals surface area contributed by atoms with E-state index in [1.165, 1.54) is 25.7 Å². The summed E-state index contributed by atoms with van der Waals surface area (Å²) in [5.74, 6) is 0.777. The second-order valence-electron chi connectivity index (χ2n) is 4.25. The van der Waals surface area contributed by atoms with Crippen molar-refractivity contribution in [2.45, 2.75) is 31.7 Å². The lowest BCUT2D eigenvalue weighted by molar-refractivity contribution is 0.290. The molecule has 3 nitrogen and oxygen atoms in total. The van der Waals surface area contributed by atoms with Crippen molar-refractivity contribution in [3.63, 3.8) is 0 Å². The third-order valence-corrected chi connectivity index (χ3v) is 3.01. The van der Waals surface area contributed by atoms with Crippen molar-refractivity contribution in [2.75, 3.05) is 13.2 Å². The average Bonchev–Trinajstić information content (AvgIpc) is 2.79. The molecule has 0 unspecified atom stereocenters. The largest absolute Gasteiger partial charge is 0.504 e.